The molecule has 1 aliphatic carbocycles. The molecule has 1 amide bonds. The maximum Gasteiger partial charge on any atom is 0.414 e. The summed E-state index contributed by atoms with van der Waals surface area (Å²) < 4.78 is 46.2. The van der Waals surface area contributed by atoms with Crippen molar-refractivity contribution in [3.8, 4) is 11.1 Å². The van der Waals surface area contributed by atoms with E-state index in [0.717, 1.165) is 58.6 Å². The van der Waals surface area contributed by atoms with Crippen molar-refractivity contribution in [2.45, 2.75) is 51.3 Å². The number of nitrogens with zero attached hydrogens (tertiary/aromatic N) is 4. The number of carbonyl (C=O) groups is 1. The van der Waals surface area contributed by atoms with Crippen LogP contribution in [0.3, 0.4) is 0 Å². The second kappa shape index (κ2) is 8.95. The largest absolute Gasteiger partial charge is 0.449 e. The number of anilines is 1. The molecule has 1 atom stereocenters. The van der Waals surface area contributed by atoms with Gasteiger partial charge in [-0.3, -0.25) is 4.90 Å². The molecule has 8 nitrogen and oxygen atoms in total. The molecular weight excluding hydrogens is 482 g/mol. The molecule has 10 heteroatoms. The predicted octanol–water partition coefficient (Wildman–Crippen LogP) is 6.02. The van der Waals surface area contributed by atoms with Gasteiger partial charge in [0.15, 0.2) is 11.6 Å². The molecule has 4 aromatic rings. The Labute approximate surface area is 211 Å². The number of methoxy groups -OCH3 is 1. The molecule has 3 heterocycles. The van der Waals surface area contributed by atoms with Gasteiger partial charge >= 0.3 is 6.09 Å². The SMILES string of the molecule is CO[C@H]1C[C@H](n2c([C@@H]3CCOC(=O)N3c3ccc(F)c(F)c3)nc3cc(-c4c(C)noc4C)ccc32)C1. The first-order valence-corrected chi connectivity index (χ1v) is 12.2. The number of ether oxygens (including phenoxy) is 2. The zero-order valence-corrected chi connectivity index (χ0v) is 20.7. The number of cyclic esters (lactones) is 1. The molecule has 2 aliphatic rings. The third kappa shape index (κ3) is 3.87. The Bertz CT molecular complexity index is 1490. The molecule has 1 aliphatic heterocycles. The van der Waals surface area contributed by atoms with Crippen LogP contribution in [-0.4, -0.2) is 40.6 Å². The molecule has 2 aromatic heterocycles. The number of aryl methyl sites for hydroxylation is 2. The van der Waals surface area contributed by atoms with E-state index in [9.17, 15) is 13.6 Å². The van der Waals surface area contributed by atoms with Crippen LogP contribution >= 0.6 is 0 Å². The van der Waals surface area contributed by atoms with Gasteiger partial charge in [-0.15, -0.1) is 0 Å². The van der Waals surface area contributed by atoms with Gasteiger partial charge in [0.05, 0.1) is 35.1 Å². The van der Waals surface area contributed by atoms with E-state index < -0.39 is 23.8 Å². The van der Waals surface area contributed by atoms with Gasteiger partial charge in [-0.25, -0.2) is 18.6 Å². The minimum atomic E-state index is -1.03. The van der Waals surface area contributed by atoms with Crippen LogP contribution in [-0.2, 0) is 9.47 Å². The number of imidazole rings is 1. The van der Waals surface area contributed by atoms with Crippen LogP contribution in [0, 0.1) is 25.5 Å². The van der Waals surface area contributed by atoms with Crippen LogP contribution < -0.4 is 4.90 Å². The van der Waals surface area contributed by atoms with Crippen molar-refractivity contribution in [2.75, 3.05) is 18.6 Å². The lowest BCUT2D eigenvalue weighted by atomic mass is 9.88. The number of hydrogen-bond acceptors (Lipinski definition) is 6. The van der Waals surface area contributed by atoms with Gasteiger partial charge in [-0.05, 0) is 56.5 Å². The van der Waals surface area contributed by atoms with E-state index in [1.54, 1.807) is 7.11 Å². The fraction of sp³-hybridized carbons (Fsp3) is 0.370. The third-order valence-corrected chi connectivity index (χ3v) is 7.41. The number of benzene rings is 2. The van der Waals surface area contributed by atoms with Gasteiger partial charge in [0.1, 0.15) is 17.6 Å². The summed E-state index contributed by atoms with van der Waals surface area (Å²) in [6, 6.07) is 9.05. The van der Waals surface area contributed by atoms with Gasteiger partial charge in [-0.2, -0.15) is 0 Å². The molecule has 37 heavy (non-hydrogen) atoms. The molecule has 0 N–H and O–H groups in total. The summed E-state index contributed by atoms with van der Waals surface area (Å²) in [4.78, 5) is 19.3. The van der Waals surface area contributed by atoms with E-state index in [4.69, 9.17) is 19.0 Å². The third-order valence-electron chi connectivity index (χ3n) is 7.41. The highest BCUT2D eigenvalue weighted by molar-refractivity contribution is 5.90. The molecule has 1 saturated heterocycles. The standard InChI is InChI=1S/C27H26F2N4O4/c1-14-25(15(2)37-31-14)16-4-7-23-22(10-16)30-26(32(23)18-11-19(12-18)35-3)24-8-9-36-27(34)33(24)17-5-6-20(28)21(29)13-17/h4-7,10,13,18-19,24H,8-9,11-12H2,1-3H3/t18-,19-,24-/m0/s1. The predicted molar refractivity (Wildman–Crippen MR) is 131 cm³/mol. The number of rotatable bonds is 5. The Morgan fingerprint density at radius 2 is 1.89 bits per heavy atom. The maximum absolute atomic E-state index is 14.2. The molecule has 0 radical (unpaired) electrons. The Morgan fingerprint density at radius 1 is 1.08 bits per heavy atom. The fourth-order valence-corrected chi connectivity index (χ4v) is 5.48. The van der Waals surface area contributed by atoms with E-state index in [1.165, 1.54) is 11.0 Å². The van der Waals surface area contributed by atoms with Gasteiger partial charge in [0, 0.05) is 31.2 Å². The summed E-state index contributed by atoms with van der Waals surface area (Å²) in [6.07, 6.45) is 1.59. The Balaban J connectivity index is 1.50. The first-order valence-electron chi connectivity index (χ1n) is 12.2. The van der Waals surface area contributed by atoms with Crippen LogP contribution in [0.5, 0.6) is 0 Å². The van der Waals surface area contributed by atoms with E-state index in [1.807, 2.05) is 32.0 Å². The van der Waals surface area contributed by atoms with E-state index >= 15 is 0 Å². The molecule has 0 bridgehead atoms. The van der Waals surface area contributed by atoms with E-state index in [0.29, 0.717) is 12.2 Å². The van der Waals surface area contributed by atoms with Crippen LogP contribution in [0.15, 0.2) is 40.9 Å². The smallest absolute Gasteiger partial charge is 0.414 e. The van der Waals surface area contributed by atoms with Crippen LogP contribution in [0.25, 0.3) is 22.2 Å². The molecule has 0 spiro atoms. The molecule has 2 fully saturated rings. The number of hydrogen-bond donors (Lipinski definition) is 0. The Morgan fingerprint density at radius 3 is 2.59 bits per heavy atom. The molecule has 1 saturated carbocycles. The quantitative estimate of drug-likeness (QED) is 0.328. The van der Waals surface area contributed by atoms with Crippen molar-refractivity contribution >= 4 is 22.8 Å². The van der Waals surface area contributed by atoms with E-state index in [-0.39, 0.29) is 24.4 Å². The average molecular weight is 509 g/mol. The van der Waals surface area contributed by atoms with Gasteiger partial charge in [-0.1, -0.05) is 11.2 Å². The second-order valence-corrected chi connectivity index (χ2v) is 9.61. The highest BCUT2D eigenvalue weighted by Gasteiger charge is 2.40. The highest BCUT2D eigenvalue weighted by atomic mass is 19.2. The monoisotopic (exact) mass is 508 g/mol. The molecule has 192 valence electrons. The molecule has 2 aromatic carbocycles. The number of fused-ring (bicyclic) bond motifs is 1. The lowest BCUT2D eigenvalue weighted by Crippen LogP contribution is -2.43. The number of halogens is 2. The topological polar surface area (TPSA) is 82.6 Å². The lowest BCUT2D eigenvalue weighted by Gasteiger charge is -2.39. The Kier molecular flexibility index (Phi) is 5.71. The van der Waals surface area contributed by atoms with Gasteiger partial charge < -0.3 is 18.6 Å². The zero-order chi connectivity index (χ0) is 25.8. The van der Waals surface area contributed by atoms with Crippen molar-refractivity contribution in [2.24, 2.45) is 0 Å². The van der Waals surface area contributed by atoms with Crippen molar-refractivity contribution in [1.29, 1.82) is 0 Å². The van der Waals surface area contributed by atoms with Gasteiger partial charge in [0.2, 0.25) is 0 Å². The first-order chi connectivity index (χ1) is 17.9. The second-order valence-electron chi connectivity index (χ2n) is 9.61. The summed E-state index contributed by atoms with van der Waals surface area (Å²) in [5, 5.41) is 4.07. The zero-order valence-electron chi connectivity index (χ0n) is 20.7. The van der Waals surface area contributed by atoms with Gasteiger partial charge in [0.25, 0.3) is 0 Å². The number of amides is 1. The molecule has 6 rings (SSSR count). The first kappa shape index (κ1) is 23.6. The fourth-order valence-electron chi connectivity index (χ4n) is 5.48. The van der Waals surface area contributed by atoms with Crippen molar-refractivity contribution in [1.82, 2.24) is 14.7 Å². The summed E-state index contributed by atoms with van der Waals surface area (Å²) in [6.45, 7) is 3.96. The number of aromatic nitrogens is 3. The summed E-state index contributed by atoms with van der Waals surface area (Å²) in [7, 11) is 1.70. The lowest BCUT2D eigenvalue weighted by molar-refractivity contribution is 0.00598. The minimum absolute atomic E-state index is 0.125. The average Bonchev–Trinajstić information content (AvgIpc) is 3.39. The summed E-state index contributed by atoms with van der Waals surface area (Å²) in [5.74, 6) is -0.621. The summed E-state index contributed by atoms with van der Waals surface area (Å²) >= 11 is 0. The van der Waals surface area contributed by atoms with Crippen LogP contribution in [0.2, 0.25) is 0 Å². The Hall–Kier alpha value is -3.79. The maximum atomic E-state index is 14.2. The normalized spacial score (nSPS) is 21.8. The minimum Gasteiger partial charge on any atom is -0.449 e. The van der Waals surface area contributed by atoms with Crippen LogP contribution in [0.4, 0.5) is 19.3 Å². The molecule has 0 unspecified atom stereocenters. The highest BCUT2D eigenvalue weighted by Crippen LogP contribution is 2.43. The molecular formula is C27H26F2N4O4. The summed E-state index contributed by atoms with van der Waals surface area (Å²) in [5.41, 5.74) is 4.55. The van der Waals surface area contributed by atoms with Crippen molar-refractivity contribution < 1.29 is 27.6 Å². The van der Waals surface area contributed by atoms with E-state index in [2.05, 4.69) is 9.72 Å². The van der Waals surface area contributed by atoms with Crippen LogP contribution in [0.1, 0.15) is 48.6 Å². The van der Waals surface area contributed by atoms with Crippen molar-refractivity contribution in [3.63, 3.8) is 0 Å². The van der Waals surface area contributed by atoms with Crippen molar-refractivity contribution in [3.05, 3.63) is 65.3 Å². The number of carbonyl (C=O) groups excluding carboxylic acids is 1.